The van der Waals surface area contributed by atoms with Gasteiger partial charge in [0.25, 0.3) is 0 Å². The van der Waals surface area contributed by atoms with Crippen LogP contribution in [0, 0.1) is 37.3 Å². The van der Waals surface area contributed by atoms with E-state index in [1.165, 1.54) is 49.1 Å². The fourth-order valence-electron chi connectivity index (χ4n) is 2.18. The van der Waals surface area contributed by atoms with Gasteiger partial charge in [-0.15, -0.1) is 0 Å². The summed E-state index contributed by atoms with van der Waals surface area (Å²) in [5, 5.41) is 38.5. The van der Waals surface area contributed by atoms with E-state index in [2.05, 4.69) is 19.9 Å². The Labute approximate surface area is 252 Å². The monoisotopic (exact) mass is 703 g/mol. The number of carbonyl (C=O) groups excluding carboxylic acids is 3. The van der Waals surface area contributed by atoms with Crippen molar-refractivity contribution in [3.05, 3.63) is 133 Å². The number of aromatic amines is 3. The Hall–Kier alpha value is -4.87. The third kappa shape index (κ3) is 14.2. The molecule has 0 fully saturated rings. The number of rotatable bonds is 4. The summed E-state index contributed by atoms with van der Waals surface area (Å²) in [5.74, 6) is -5.12. The summed E-state index contributed by atoms with van der Waals surface area (Å²) in [5.41, 5.74) is -1.57. The first kappa shape index (κ1) is 35.1. The van der Waals surface area contributed by atoms with Crippen molar-refractivity contribution in [3.8, 4) is 0 Å². The molecule has 0 bridgehead atoms. The predicted octanol–water partition coefficient (Wildman–Crippen LogP) is -3.00. The molecule has 15 nitrogen and oxygen atoms in total. The van der Waals surface area contributed by atoms with Crippen LogP contribution in [0.5, 0.6) is 0 Å². The molecule has 0 saturated carbocycles. The first-order valence-corrected chi connectivity index (χ1v) is 10.2. The Morgan fingerprint density at radius 1 is 0.625 bits per heavy atom. The number of carboxylic acids is 4. The van der Waals surface area contributed by atoms with E-state index in [0.29, 0.717) is 0 Å². The maximum Gasteiger partial charge on any atom is 3.00 e. The summed E-state index contributed by atoms with van der Waals surface area (Å²) in [6.07, 6.45) is 5.22. The molecule has 211 valence electrons. The fraction of sp³-hybridized carbons (Fsp3) is 0. The summed E-state index contributed by atoms with van der Waals surface area (Å²) in [4.78, 5) is 82.4. The van der Waals surface area contributed by atoms with Crippen LogP contribution in [0.4, 0.5) is 0 Å². The topological polar surface area (TPSA) is 269 Å². The summed E-state index contributed by atoms with van der Waals surface area (Å²) in [7, 11) is 0. The van der Waals surface area contributed by atoms with E-state index in [4.69, 9.17) is 5.11 Å². The molecule has 4 rings (SSSR count). The SMILES string of the molecule is O=C(O)c1ccccn1.O=C([O-])c1cc(=O)cc[nH]1.O=C([O-])c1cc(=O)cc[nH]1.O=C([O-])c1cc(=O)cc[nH]1.[Er+3]. The van der Waals surface area contributed by atoms with Gasteiger partial charge in [0.15, 0.2) is 16.3 Å². The molecule has 0 atom stereocenters. The number of carboxylic acid groups (broad SMARTS) is 4. The average molecular weight is 705 g/mol. The smallest absolute Gasteiger partial charge is 0.543 e. The van der Waals surface area contributed by atoms with Crippen LogP contribution in [0.15, 0.2) is 93.8 Å². The van der Waals surface area contributed by atoms with E-state index in [0.717, 1.165) is 18.2 Å². The largest absolute Gasteiger partial charge is 3.00 e. The summed E-state index contributed by atoms with van der Waals surface area (Å²) >= 11 is 0. The molecule has 40 heavy (non-hydrogen) atoms. The maximum atomic E-state index is 10.5. The molecule has 0 aliphatic carbocycles. The van der Waals surface area contributed by atoms with Crippen LogP contribution in [0.3, 0.4) is 0 Å². The molecule has 16 heteroatoms. The zero-order chi connectivity index (χ0) is 29.4. The Morgan fingerprint density at radius 3 is 1.15 bits per heavy atom. The summed E-state index contributed by atoms with van der Waals surface area (Å²) in [6.45, 7) is 0. The van der Waals surface area contributed by atoms with E-state index in [1.807, 2.05) is 0 Å². The van der Waals surface area contributed by atoms with E-state index in [1.54, 1.807) is 12.1 Å². The van der Waals surface area contributed by atoms with E-state index < -0.39 is 23.9 Å². The molecule has 0 aliphatic heterocycles. The van der Waals surface area contributed by atoms with Gasteiger partial charge < -0.3 is 49.8 Å². The molecule has 0 saturated heterocycles. The first-order valence-electron chi connectivity index (χ1n) is 10.2. The number of hydrogen-bond donors (Lipinski definition) is 4. The average Bonchev–Trinajstić information content (AvgIpc) is 2.90. The molecule has 0 unspecified atom stereocenters. The van der Waals surface area contributed by atoms with Crippen LogP contribution in [-0.2, 0) is 0 Å². The van der Waals surface area contributed by atoms with Crippen molar-refractivity contribution in [2.75, 3.05) is 0 Å². The van der Waals surface area contributed by atoms with Gasteiger partial charge in [-0.25, -0.2) is 9.78 Å². The molecule has 0 aliphatic rings. The molecule has 0 spiro atoms. The summed E-state index contributed by atoms with van der Waals surface area (Å²) < 4.78 is 0. The number of aromatic carboxylic acids is 4. The van der Waals surface area contributed by atoms with Crippen LogP contribution in [-0.4, -0.2) is 48.9 Å². The van der Waals surface area contributed by atoms with Crippen LogP contribution in [0.2, 0.25) is 0 Å². The molecule has 0 aromatic carbocycles. The van der Waals surface area contributed by atoms with Gasteiger partial charge in [-0.1, -0.05) is 6.07 Å². The normalized spacial score (nSPS) is 8.90. The van der Waals surface area contributed by atoms with Gasteiger partial charge in [0.1, 0.15) is 5.69 Å². The Bertz CT molecular complexity index is 1450. The molecular formula is C24H17ErN4O11. The fourth-order valence-corrected chi connectivity index (χ4v) is 2.18. The number of nitrogens with one attached hydrogen (secondary N) is 3. The molecule has 4 heterocycles. The van der Waals surface area contributed by atoms with Crippen LogP contribution >= 0.6 is 0 Å². The van der Waals surface area contributed by atoms with Crippen molar-refractivity contribution in [3.63, 3.8) is 0 Å². The van der Waals surface area contributed by atoms with Crippen molar-refractivity contribution in [1.82, 2.24) is 19.9 Å². The van der Waals surface area contributed by atoms with Crippen molar-refractivity contribution in [2.45, 2.75) is 0 Å². The zero-order valence-corrected chi connectivity index (χ0v) is 21.6. The number of carbonyl (C=O) groups is 4. The predicted molar refractivity (Wildman–Crippen MR) is 125 cm³/mol. The van der Waals surface area contributed by atoms with Crippen LogP contribution in [0.1, 0.15) is 42.0 Å². The summed E-state index contributed by atoms with van der Waals surface area (Å²) in [6, 6.07) is 11.3. The van der Waals surface area contributed by atoms with Crippen LogP contribution < -0.4 is 31.6 Å². The second-order valence-corrected chi connectivity index (χ2v) is 6.70. The number of pyridine rings is 4. The molecule has 4 aromatic rings. The maximum absolute atomic E-state index is 10.5. The number of H-pyrrole nitrogens is 3. The van der Waals surface area contributed by atoms with Crippen molar-refractivity contribution < 1.29 is 76.9 Å². The Morgan fingerprint density at radius 2 is 0.975 bits per heavy atom. The van der Waals surface area contributed by atoms with Gasteiger partial charge in [-0.2, -0.15) is 0 Å². The second kappa shape index (κ2) is 18.4. The minimum absolute atomic E-state index is 0. The van der Waals surface area contributed by atoms with Crippen molar-refractivity contribution >= 4 is 23.9 Å². The van der Waals surface area contributed by atoms with E-state index in [-0.39, 0.29) is 76.4 Å². The van der Waals surface area contributed by atoms with Gasteiger partial charge in [0, 0.05) is 61.2 Å². The Balaban J connectivity index is 0.000000503. The van der Waals surface area contributed by atoms with Gasteiger partial charge in [0.2, 0.25) is 0 Å². The molecule has 4 aromatic heterocycles. The third-order valence-corrected chi connectivity index (χ3v) is 3.86. The molecular weight excluding hydrogens is 688 g/mol. The molecule has 1 radical (unpaired) electrons. The number of aromatic nitrogens is 4. The van der Waals surface area contributed by atoms with Crippen LogP contribution in [0.25, 0.3) is 0 Å². The number of hydrogen-bond acceptors (Lipinski definition) is 11. The standard InChI is InChI=1S/3C6H5NO3.C6H5NO2.Er/c3*8-4-1-2-7-5(3-4)6(9)10;8-6(9)5-3-1-2-4-7-5;/h3*1-3H,(H,7,8)(H,9,10);1-4H,(H,8,9);/q;;;;+3/p-3. The first-order chi connectivity index (χ1) is 18.4. The Kier molecular flexibility index (Phi) is 16.1. The molecule has 0 amide bonds. The van der Waals surface area contributed by atoms with E-state index in [9.17, 15) is 48.9 Å². The number of nitrogens with zero attached hydrogens (tertiary/aromatic N) is 1. The molecule has 4 N–H and O–H groups in total. The minimum atomic E-state index is -1.38. The van der Waals surface area contributed by atoms with Gasteiger partial charge >= 0.3 is 43.3 Å². The second-order valence-electron chi connectivity index (χ2n) is 6.70. The third-order valence-electron chi connectivity index (χ3n) is 3.86. The van der Waals surface area contributed by atoms with Crippen molar-refractivity contribution in [1.29, 1.82) is 0 Å². The van der Waals surface area contributed by atoms with Gasteiger partial charge in [-0.05, 0) is 12.1 Å². The van der Waals surface area contributed by atoms with Gasteiger partial charge in [0.05, 0.1) is 35.0 Å². The minimum Gasteiger partial charge on any atom is -0.543 e. The quantitative estimate of drug-likeness (QED) is 0.166. The van der Waals surface area contributed by atoms with Crippen molar-refractivity contribution in [2.24, 2.45) is 0 Å². The van der Waals surface area contributed by atoms with Gasteiger partial charge in [-0.3, -0.25) is 14.4 Å². The van der Waals surface area contributed by atoms with E-state index >= 15 is 0 Å². The zero-order valence-electron chi connectivity index (χ0n) is 19.8.